The maximum Gasteiger partial charge on any atom is 0.409 e. The second kappa shape index (κ2) is 7.04. The zero-order valence-electron chi connectivity index (χ0n) is 14.8. The molecule has 0 spiro atoms. The molecule has 1 aromatic carbocycles. The molecule has 0 saturated carbocycles. The van der Waals surface area contributed by atoms with Crippen molar-refractivity contribution in [1.29, 1.82) is 0 Å². The molecule has 0 bridgehead atoms. The van der Waals surface area contributed by atoms with Gasteiger partial charge in [-0.25, -0.2) is 9.78 Å². The van der Waals surface area contributed by atoms with Gasteiger partial charge in [0.15, 0.2) is 0 Å². The topological polar surface area (TPSA) is 50.6 Å². The van der Waals surface area contributed by atoms with Gasteiger partial charge in [0.2, 0.25) is 0 Å². The SMILES string of the molecule is COC(=O)N1CCC(N2CCC(n3cnc4ccccc43)CC2)CC1. The highest BCUT2D eigenvalue weighted by Crippen LogP contribution is 2.29. The molecule has 1 amide bonds. The Labute approximate surface area is 148 Å². The Morgan fingerprint density at radius 3 is 2.44 bits per heavy atom. The molecule has 6 nitrogen and oxygen atoms in total. The van der Waals surface area contributed by atoms with E-state index in [0.717, 1.165) is 57.4 Å². The number of para-hydroxylation sites is 2. The van der Waals surface area contributed by atoms with Gasteiger partial charge in [-0.2, -0.15) is 0 Å². The average molecular weight is 342 g/mol. The summed E-state index contributed by atoms with van der Waals surface area (Å²) in [4.78, 5) is 20.6. The molecule has 0 aliphatic carbocycles. The highest BCUT2D eigenvalue weighted by Gasteiger charge is 2.30. The third kappa shape index (κ3) is 3.23. The summed E-state index contributed by atoms with van der Waals surface area (Å²) in [6, 6.07) is 9.52. The molecule has 0 unspecified atom stereocenters. The first-order valence-electron chi connectivity index (χ1n) is 9.25. The first kappa shape index (κ1) is 16.4. The molecule has 0 atom stereocenters. The zero-order chi connectivity index (χ0) is 17.2. The van der Waals surface area contributed by atoms with Crippen molar-refractivity contribution < 1.29 is 9.53 Å². The molecule has 3 heterocycles. The average Bonchev–Trinajstić information content (AvgIpc) is 3.12. The van der Waals surface area contributed by atoms with E-state index in [1.165, 1.54) is 12.6 Å². The van der Waals surface area contributed by atoms with Gasteiger partial charge in [-0.3, -0.25) is 0 Å². The molecular formula is C19H26N4O2. The fraction of sp³-hybridized carbons (Fsp3) is 0.579. The van der Waals surface area contributed by atoms with Crippen LogP contribution in [0.15, 0.2) is 30.6 Å². The fourth-order valence-corrected chi connectivity index (χ4v) is 4.34. The number of piperidine rings is 2. The first-order valence-corrected chi connectivity index (χ1v) is 9.25. The maximum atomic E-state index is 11.6. The van der Waals surface area contributed by atoms with Gasteiger partial charge in [0.25, 0.3) is 0 Å². The van der Waals surface area contributed by atoms with Crippen molar-refractivity contribution in [2.45, 2.75) is 37.8 Å². The fourth-order valence-electron chi connectivity index (χ4n) is 4.34. The molecule has 0 N–H and O–H groups in total. The highest BCUT2D eigenvalue weighted by atomic mass is 16.5. The standard InChI is InChI=1S/C19H26N4O2/c1-25-19(24)22-12-6-15(7-13-22)21-10-8-16(9-11-21)23-14-20-17-4-2-3-5-18(17)23/h2-5,14-16H,6-13H2,1H3. The minimum Gasteiger partial charge on any atom is -0.453 e. The lowest BCUT2D eigenvalue weighted by Crippen LogP contribution is -2.49. The van der Waals surface area contributed by atoms with Crippen LogP contribution in [0.2, 0.25) is 0 Å². The molecule has 2 aromatic rings. The lowest BCUT2D eigenvalue weighted by atomic mass is 9.98. The van der Waals surface area contributed by atoms with Crippen LogP contribution in [0.25, 0.3) is 11.0 Å². The molecule has 2 aliphatic rings. The molecule has 134 valence electrons. The number of aromatic nitrogens is 2. The van der Waals surface area contributed by atoms with Crippen LogP contribution in [0.3, 0.4) is 0 Å². The molecular weight excluding hydrogens is 316 g/mol. The molecule has 6 heteroatoms. The first-order chi connectivity index (χ1) is 12.3. The molecule has 2 saturated heterocycles. The van der Waals surface area contributed by atoms with Crippen LogP contribution >= 0.6 is 0 Å². The van der Waals surface area contributed by atoms with E-state index in [4.69, 9.17) is 4.74 Å². The van der Waals surface area contributed by atoms with Gasteiger partial charge >= 0.3 is 6.09 Å². The summed E-state index contributed by atoms with van der Waals surface area (Å²) < 4.78 is 7.18. The van der Waals surface area contributed by atoms with E-state index in [0.29, 0.717) is 12.1 Å². The number of likely N-dealkylation sites (tertiary alicyclic amines) is 2. The third-order valence-corrected chi connectivity index (χ3v) is 5.79. The third-order valence-electron chi connectivity index (χ3n) is 5.79. The van der Waals surface area contributed by atoms with Crippen molar-refractivity contribution in [1.82, 2.24) is 19.4 Å². The van der Waals surface area contributed by atoms with Crippen LogP contribution in [0.5, 0.6) is 0 Å². The molecule has 25 heavy (non-hydrogen) atoms. The summed E-state index contributed by atoms with van der Waals surface area (Å²) in [5.41, 5.74) is 2.33. The molecule has 4 rings (SSSR count). The molecule has 1 aromatic heterocycles. The van der Waals surface area contributed by atoms with Gasteiger partial charge in [-0.05, 0) is 37.8 Å². The lowest BCUT2D eigenvalue weighted by molar-refractivity contribution is 0.0689. The number of fused-ring (bicyclic) bond motifs is 1. The Hall–Kier alpha value is -2.08. The molecule has 0 radical (unpaired) electrons. The number of hydrogen-bond acceptors (Lipinski definition) is 4. The van der Waals surface area contributed by atoms with E-state index in [2.05, 4.69) is 32.7 Å². The van der Waals surface area contributed by atoms with Crippen LogP contribution in [-0.4, -0.2) is 64.8 Å². The smallest absolute Gasteiger partial charge is 0.409 e. The Morgan fingerprint density at radius 1 is 1.04 bits per heavy atom. The quantitative estimate of drug-likeness (QED) is 0.842. The number of amides is 1. The predicted octanol–water partition coefficient (Wildman–Crippen LogP) is 2.90. The minimum absolute atomic E-state index is 0.191. The Balaban J connectivity index is 1.34. The van der Waals surface area contributed by atoms with E-state index in [1.54, 1.807) is 0 Å². The summed E-state index contributed by atoms with van der Waals surface area (Å²) in [7, 11) is 1.46. The Kier molecular flexibility index (Phi) is 4.61. The number of hydrogen-bond donors (Lipinski definition) is 0. The minimum atomic E-state index is -0.191. The number of nitrogens with zero attached hydrogens (tertiary/aromatic N) is 4. The number of methoxy groups -OCH3 is 1. The van der Waals surface area contributed by atoms with Crippen molar-refractivity contribution in [3.05, 3.63) is 30.6 Å². The summed E-state index contributed by atoms with van der Waals surface area (Å²) >= 11 is 0. The normalized spacial score (nSPS) is 20.9. The van der Waals surface area contributed by atoms with Crippen molar-refractivity contribution in [2.75, 3.05) is 33.3 Å². The van der Waals surface area contributed by atoms with Gasteiger partial charge in [0.1, 0.15) is 0 Å². The van der Waals surface area contributed by atoms with Crippen LogP contribution in [-0.2, 0) is 4.74 Å². The van der Waals surface area contributed by atoms with Crippen LogP contribution in [0, 0.1) is 0 Å². The van der Waals surface area contributed by atoms with E-state index in [1.807, 2.05) is 17.3 Å². The number of rotatable bonds is 2. The number of carbonyl (C=O) groups excluding carboxylic acids is 1. The van der Waals surface area contributed by atoms with E-state index < -0.39 is 0 Å². The molecule has 2 aliphatic heterocycles. The summed E-state index contributed by atoms with van der Waals surface area (Å²) in [6.45, 7) is 3.87. The maximum absolute atomic E-state index is 11.6. The second-order valence-corrected chi connectivity index (χ2v) is 7.10. The monoisotopic (exact) mass is 342 g/mol. The summed E-state index contributed by atoms with van der Waals surface area (Å²) in [5.74, 6) is 0. The Bertz CT molecular complexity index is 728. The molecule has 2 fully saturated rings. The summed E-state index contributed by atoms with van der Waals surface area (Å²) in [5, 5.41) is 0. The van der Waals surface area contributed by atoms with E-state index in [-0.39, 0.29) is 6.09 Å². The Morgan fingerprint density at radius 2 is 1.72 bits per heavy atom. The van der Waals surface area contributed by atoms with Gasteiger partial charge < -0.3 is 19.1 Å². The second-order valence-electron chi connectivity index (χ2n) is 7.10. The van der Waals surface area contributed by atoms with Crippen LogP contribution < -0.4 is 0 Å². The van der Waals surface area contributed by atoms with Gasteiger partial charge in [-0.1, -0.05) is 12.1 Å². The summed E-state index contributed by atoms with van der Waals surface area (Å²) in [6.07, 6.45) is 6.24. The number of ether oxygens (including phenoxy) is 1. The van der Waals surface area contributed by atoms with Crippen molar-refractivity contribution in [2.24, 2.45) is 0 Å². The predicted molar refractivity (Wildman–Crippen MR) is 96.6 cm³/mol. The van der Waals surface area contributed by atoms with Gasteiger partial charge in [0.05, 0.1) is 24.5 Å². The van der Waals surface area contributed by atoms with Gasteiger partial charge in [-0.15, -0.1) is 0 Å². The van der Waals surface area contributed by atoms with Crippen molar-refractivity contribution in [3.8, 4) is 0 Å². The van der Waals surface area contributed by atoms with E-state index in [9.17, 15) is 4.79 Å². The lowest BCUT2D eigenvalue weighted by Gasteiger charge is -2.41. The van der Waals surface area contributed by atoms with Crippen molar-refractivity contribution >= 4 is 17.1 Å². The largest absolute Gasteiger partial charge is 0.453 e. The zero-order valence-corrected chi connectivity index (χ0v) is 14.8. The number of carbonyl (C=O) groups is 1. The number of benzene rings is 1. The van der Waals surface area contributed by atoms with Crippen LogP contribution in [0.4, 0.5) is 4.79 Å². The highest BCUT2D eigenvalue weighted by molar-refractivity contribution is 5.75. The van der Waals surface area contributed by atoms with Crippen molar-refractivity contribution in [3.63, 3.8) is 0 Å². The van der Waals surface area contributed by atoms with Gasteiger partial charge in [0, 0.05) is 38.3 Å². The number of imidazole rings is 1. The van der Waals surface area contributed by atoms with E-state index >= 15 is 0 Å². The van der Waals surface area contributed by atoms with Crippen LogP contribution in [0.1, 0.15) is 31.7 Å².